The fraction of sp³-hybridized carbons (Fsp3) is 0.750. The van der Waals surface area contributed by atoms with E-state index in [0.717, 1.165) is 0 Å². The Balaban J connectivity index is 2.46. The van der Waals surface area contributed by atoms with Crippen molar-refractivity contribution in [2.45, 2.75) is 22.6 Å². The second-order valence-electron chi connectivity index (χ2n) is 3.72. The van der Waals surface area contributed by atoms with Crippen LogP contribution in [0.2, 0.25) is 0 Å². The van der Waals surface area contributed by atoms with Gasteiger partial charge in [-0.3, -0.25) is 0 Å². The number of alkyl halides is 2. The molecule has 2 aliphatic rings. The third kappa shape index (κ3) is 1.18. The first-order valence-corrected chi connectivity index (χ1v) is 5.50. The number of fused-ring (bicyclic) bond motifs is 2. The summed E-state index contributed by atoms with van der Waals surface area (Å²) in [6.45, 7) is -0.00163. The summed E-state index contributed by atoms with van der Waals surface area (Å²) in [5.41, 5.74) is 0. The third-order valence-corrected chi connectivity index (χ3v) is 5.40. The van der Waals surface area contributed by atoms with Crippen LogP contribution in [-0.4, -0.2) is 21.5 Å². The Morgan fingerprint density at radius 1 is 1.31 bits per heavy atom. The molecule has 0 aliphatic heterocycles. The molecule has 5 heteroatoms. The van der Waals surface area contributed by atoms with Crippen LogP contribution in [0.5, 0.6) is 0 Å². The van der Waals surface area contributed by atoms with Gasteiger partial charge in [0.1, 0.15) is 0 Å². The van der Waals surface area contributed by atoms with Crippen molar-refractivity contribution in [2.75, 3.05) is 6.61 Å². The van der Waals surface area contributed by atoms with E-state index >= 15 is 0 Å². The first kappa shape index (κ1) is 10.4. The Kier molecular flexibility index (Phi) is 2.34. The highest BCUT2D eigenvalue weighted by Gasteiger charge is 2.62. The van der Waals surface area contributed by atoms with Gasteiger partial charge in [0.2, 0.25) is 0 Å². The molecule has 3 atom stereocenters. The molecule has 74 valence electrons. The van der Waals surface area contributed by atoms with Gasteiger partial charge in [-0.2, -0.15) is 0 Å². The van der Waals surface area contributed by atoms with Crippen LogP contribution >= 0.6 is 46.4 Å². The predicted octanol–water partition coefficient (Wildman–Crippen LogP) is 3.05. The fourth-order valence-electron chi connectivity index (χ4n) is 2.19. The van der Waals surface area contributed by atoms with Crippen LogP contribution in [0.3, 0.4) is 0 Å². The van der Waals surface area contributed by atoms with Crippen molar-refractivity contribution >= 4 is 46.4 Å². The Labute approximate surface area is 96.6 Å². The summed E-state index contributed by atoms with van der Waals surface area (Å²) in [4.78, 5) is -1.36. The number of halogens is 4. The Hall–Kier alpha value is 0.860. The number of hydrogen-bond acceptors (Lipinski definition) is 1. The van der Waals surface area contributed by atoms with Gasteiger partial charge in [0.15, 0.2) is 0 Å². The van der Waals surface area contributed by atoms with Crippen molar-refractivity contribution in [3.05, 3.63) is 10.1 Å². The highest BCUT2D eigenvalue weighted by Crippen LogP contribution is 2.65. The molecule has 0 saturated heterocycles. The minimum absolute atomic E-state index is 0.00163. The van der Waals surface area contributed by atoms with E-state index in [9.17, 15) is 0 Å². The number of aliphatic hydroxyl groups is 1. The van der Waals surface area contributed by atoms with Crippen molar-refractivity contribution in [2.24, 2.45) is 5.92 Å². The van der Waals surface area contributed by atoms with E-state index in [1.807, 2.05) is 0 Å². The summed E-state index contributed by atoms with van der Waals surface area (Å²) in [5, 5.41) is 9.97. The number of aliphatic hydroxyl groups excluding tert-OH is 1. The largest absolute Gasteiger partial charge is 0.396 e. The van der Waals surface area contributed by atoms with Crippen molar-refractivity contribution < 1.29 is 5.11 Å². The number of hydrogen-bond donors (Lipinski definition) is 1. The van der Waals surface area contributed by atoms with Gasteiger partial charge in [0.05, 0.1) is 19.8 Å². The van der Waals surface area contributed by atoms with E-state index in [1.54, 1.807) is 0 Å². The average molecular weight is 262 g/mol. The molecule has 2 rings (SSSR count). The molecule has 3 unspecified atom stereocenters. The molecular weight excluding hydrogens is 254 g/mol. The standard InChI is InChI=1S/C8H8Cl4O/c9-5-6(10)8(12)3-7(5,11)1-4(8)2-13/h4,13H,1-3H2. The Bertz CT molecular complexity index is 290. The maximum atomic E-state index is 9.10. The Morgan fingerprint density at radius 3 is 2.31 bits per heavy atom. The van der Waals surface area contributed by atoms with Crippen LogP contribution in [0.25, 0.3) is 0 Å². The van der Waals surface area contributed by atoms with Gasteiger partial charge in [-0.05, 0) is 12.8 Å². The SMILES string of the molecule is OCC1CC2(Cl)CC1(Cl)C(Cl)=C2Cl. The fourth-order valence-corrected chi connectivity index (χ4v) is 4.03. The van der Waals surface area contributed by atoms with E-state index in [2.05, 4.69) is 0 Å². The molecule has 1 saturated carbocycles. The van der Waals surface area contributed by atoms with Crippen molar-refractivity contribution in [1.29, 1.82) is 0 Å². The molecule has 13 heavy (non-hydrogen) atoms. The highest BCUT2D eigenvalue weighted by atomic mass is 35.5. The smallest absolute Gasteiger partial charge is 0.0884 e. The molecule has 1 fully saturated rings. The molecule has 2 bridgehead atoms. The van der Waals surface area contributed by atoms with Gasteiger partial charge in [-0.1, -0.05) is 23.2 Å². The van der Waals surface area contributed by atoms with Gasteiger partial charge in [-0.15, -0.1) is 23.2 Å². The van der Waals surface area contributed by atoms with Crippen molar-refractivity contribution in [3.63, 3.8) is 0 Å². The zero-order valence-corrected chi connectivity index (χ0v) is 9.68. The molecule has 0 radical (unpaired) electrons. The molecule has 0 heterocycles. The van der Waals surface area contributed by atoms with E-state index in [0.29, 0.717) is 22.9 Å². The van der Waals surface area contributed by atoms with Crippen molar-refractivity contribution in [1.82, 2.24) is 0 Å². The van der Waals surface area contributed by atoms with Crippen LogP contribution in [0.1, 0.15) is 12.8 Å². The first-order valence-electron chi connectivity index (χ1n) is 3.99. The molecule has 0 aromatic heterocycles. The van der Waals surface area contributed by atoms with Crippen LogP contribution in [0, 0.1) is 5.92 Å². The Morgan fingerprint density at radius 2 is 1.92 bits per heavy atom. The quantitative estimate of drug-likeness (QED) is 0.720. The monoisotopic (exact) mass is 260 g/mol. The molecule has 0 aromatic carbocycles. The molecule has 0 aromatic rings. The topological polar surface area (TPSA) is 20.2 Å². The minimum Gasteiger partial charge on any atom is -0.396 e. The zero-order chi connectivity index (χ0) is 9.85. The van der Waals surface area contributed by atoms with Gasteiger partial charge in [0.25, 0.3) is 0 Å². The molecule has 2 aliphatic carbocycles. The van der Waals surface area contributed by atoms with E-state index in [1.165, 1.54) is 0 Å². The minimum atomic E-state index is -0.727. The summed E-state index contributed by atoms with van der Waals surface area (Å²) in [5.74, 6) is -0.0818. The first-order chi connectivity index (χ1) is 5.94. The molecule has 0 amide bonds. The van der Waals surface area contributed by atoms with Crippen molar-refractivity contribution in [3.8, 4) is 0 Å². The lowest BCUT2D eigenvalue weighted by molar-refractivity contribution is 0.213. The lowest BCUT2D eigenvalue weighted by Gasteiger charge is -2.28. The summed E-state index contributed by atoms with van der Waals surface area (Å²) in [6, 6.07) is 0. The van der Waals surface area contributed by atoms with Crippen LogP contribution in [0.15, 0.2) is 10.1 Å². The third-order valence-electron chi connectivity index (χ3n) is 2.93. The van der Waals surface area contributed by atoms with E-state index in [-0.39, 0.29) is 12.5 Å². The predicted molar refractivity (Wildman–Crippen MR) is 55.7 cm³/mol. The van der Waals surface area contributed by atoms with Gasteiger partial charge in [-0.25, -0.2) is 0 Å². The second kappa shape index (κ2) is 2.93. The lowest BCUT2D eigenvalue weighted by Crippen LogP contribution is -2.30. The number of allylic oxidation sites excluding steroid dienone is 2. The van der Waals surface area contributed by atoms with Gasteiger partial charge >= 0.3 is 0 Å². The van der Waals surface area contributed by atoms with Crippen LogP contribution < -0.4 is 0 Å². The molecule has 0 spiro atoms. The summed E-state index contributed by atoms with van der Waals surface area (Å²) in [6.07, 6.45) is 1.12. The van der Waals surface area contributed by atoms with E-state index in [4.69, 9.17) is 51.5 Å². The molecule has 1 nitrogen and oxygen atoms in total. The van der Waals surface area contributed by atoms with E-state index < -0.39 is 9.75 Å². The normalized spacial score (nSPS) is 49.2. The molecular formula is C8H8Cl4O. The summed E-state index contributed by atoms with van der Waals surface area (Å²) >= 11 is 24.5. The molecule has 1 N–H and O–H groups in total. The number of rotatable bonds is 1. The van der Waals surface area contributed by atoms with Gasteiger partial charge in [0, 0.05) is 12.5 Å². The van der Waals surface area contributed by atoms with Gasteiger partial charge < -0.3 is 5.11 Å². The average Bonchev–Trinajstić information content (AvgIpc) is 2.44. The summed E-state index contributed by atoms with van der Waals surface area (Å²) < 4.78 is 0. The maximum Gasteiger partial charge on any atom is 0.0884 e. The summed E-state index contributed by atoms with van der Waals surface area (Å²) in [7, 11) is 0. The van der Waals surface area contributed by atoms with Crippen LogP contribution in [0.4, 0.5) is 0 Å². The zero-order valence-electron chi connectivity index (χ0n) is 6.66. The maximum absolute atomic E-state index is 9.10. The second-order valence-corrected chi connectivity index (χ2v) is 5.87. The lowest BCUT2D eigenvalue weighted by atomic mass is 9.93. The highest BCUT2D eigenvalue weighted by molar-refractivity contribution is 6.50. The van der Waals surface area contributed by atoms with Crippen LogP contribution in [-0.2, 0) is 0 Å².